The molecule has 1 aromatic rings. The Morgan fingerprint density at radius 1 is 1.29 bits per heavy atom. The fourth-order valence-electron chi connectivity index (χ4n) is 2.40. The van der Waals surface area contributed by atoms with Gasteiger partial charge < -0.3 is 15.3 Å². The molecular weight excluding hydrogens is 272 g/mol. The van der Waals surface area contributed by atoms with Crippen molar-refractivity contribution in [3.8, 4) is 0 Å². The SMILES string of the molecule is Cc1ccc(NC(=O)C(=O)N2CCC(CC(=O)O)C2)cc1. The molecule has 1 aromatic carbocycles. The van der Waals surface area contributed by atoms with Crippen LogP contribution in [-0.2, 0) is 14.4 Å². The lowest BCUT2D eigenvalue weighted by Gasteiger charge is -2.15. The van der Waals surface area contributed by atoms with Gasteiger partial charge in [-0.15, -0.1) is 0 Å². The van der Waals surface area contributed by atoms with E-state index in [0.29, 0.717) is 25.2 Å². The number of hydrogen-bond donors (Lipinski definition) is 2. The zero-order chi connectivity index (χ0) is 15.4. The largest absolute Gasteiger partial charge is 0.481 e. The van der Waals surface area contributed by atoms with Gasteiger partial charge in [0.25, 0.3) is 0 Å². The van der Waals surface area contributed by atoms with Crippen molar-refractivity contribution in [3.63, 3.8) is 0 Å². The van der Waals surface area contributed by atoms with Gasteiger partial charge in [-0.1, -0.05) is 17.7 Å². The molecule has 0 bridgehead atoms. The van der Waals surface area contributed by atoms with Crippen LogP contribution in [0.4, 0.5) is 5.69 Å². The van der Waals surface area contributed by atoms with Crippen molar-refractivity contribution < 1.29 is 19.5 Å². The summed E-state index contributed by atoms with van der Waals surface area (Å²) in [5, 5.41) is 11.3. The molecule has 0 radical (unpaired) electrons. The number of carboxylic acid groups (broad SMARTS) is 1. The van der Waals surface area contributed by atoms with E-state index in [0.717, 1.165) is 5.56 Å². The average molecular weight is 290 g/mol. The second kappa shape index (κ2) is 6.39. The highest BCUT2D eigenvalue weighted by Gasteiger charge is 2.31. The highest BCUT2D eigenvalue weighted by atomic mass is 16.4. The van der Waals surface area contributed by atoms with Crippen molar-refractivity contribution in [1.82, 2.24) is 4.90 Å². The summed E-state index contributed by atoms with van der Waals surface area (Å²) in [5.74, 6) is -2.24. The van der Waals surface area contributed by atoms with Crippen LogP contribution in [0.15, 0.2) is 24.3 Å². The maximum atomic E-state index is 12.0. The molecule has 1 atom stereocenters. The normalized spacial score (nSPS) is 17.6. The molecule has 1 aliphatic heterocycles. The summed E-state index contributed by atoms with van der Waals surface area (Å²) in [5.41, 5.74) is 1.63. The van der Waals surface area contributed by atoms with E-state index >= 15 is 0 Å². The van der Waals surface area contributed by atoms with Gasteiger partial charge in [0.05, 0.1) is 0 Å². The summed E-state index contributed by atoms with van der Waals surface area (Å²) in [7, 11) is 0. The second-order valence-corrected chi connectivity index (χ2v) is 5.32. The monoisotopic (exact) mass is 290 g/mol. The smallest absolute Gasteiger partial charge is 0.313 e. The number of nitrogens with one attached hydrogen (secondary N) is 1. The molecule has 2 amide bonds. The molecule has 0 aliphatic carbocycles. The Kier molecular flexibility index (Phi) is 4.57. The third-order valence-electron chi connectivity index (χ3n) is 3.54. The quantitative estimate of drug-likeness (QED) is 0.820. The minimum Gasteiger partial charge on any atom is -0.481 e. The number of carboxylic acids is 1. The van der Waals surface area contributed by atoms with Gasteiger partial charge >= 0.3 is 17.8 Å². The van der Waals surface area contributed by atoms with E-state index in [4.69, 9.17) is 5.11 Å². The molecule has 112 valence electrons. The van der Waals surface area contributed by atoms with Crippen molar-refractivity contribution in [1.29, 1.82) is 0 Å². The van der Waals surface area contributed by atoms with Gasteiger partial charge in [0.1, 0.15) is 0 Å². The number of aryl methyl sites for hydroxylation is 1. The molecule has 2 N–H and O–H groups in total. The van der Waals surface area contributed by atoms with Gasteiger partial charge in [-0.25, -0.2) is 0 Å². The van der Waals surface area contributed by atoms with E-state index in [1.54, 1.807) is 12.1 Å². The Morgan fingerprint density at radius 2 is 1.95 bits per heavy atom. The number of aliphatic carboxylic acids is 1. The van der Waals surface area contributed by atoms with Crippen molar-refractivity contribution in [3.05, 3.63) is 29.8 Å². The molecular formula is C15H18N2O4. The maximum absolute atomic E-state index is 12.0. The molecule has 1 heterocycles. The number of nitrogens with zero attached hydrogens (tertiary/aromatic N) is 1. The fraction of sp³-hybridized carbons (Fsp3) is 0.400. The number of likely N-dealkylation sites (tertiary alicyclic amines) is 1. The van der Waals surface area contributed by atoms with Gasteiger partial charge in [0.2, 0.25) is 0 Å². The number of benzene rings is 1. The van der Waals surface area contributed by atoms with Crippen LogP contribution in [-0.4, -0.2) is 40.9 Å². The first kappa shape index (κ1) is 15.0. The van der Waals surface area contributed by atoms with Crippen LogP contribution in [0.1, 0.15) is 18.4 Å². The average Bonchev–Trinajstić information content (AvgIpc) is 2.88. The summed E-state index contributed by atoms with van der Waals surface area (Å²) < 4.78 is 0. The highest BCUT2D eigenvalue weighted by Crippen LogP contribution is 2.20. The minimum absolute atomic E-state index is 0.0311. The zero-order valence-electron chi connectivity index (χ0n) is 11.8. The number of hydrogen-bond acceptors (Lipinski definition) is 3. The summed E-state index contributed by atoms with van der Waals surface area (Å²) >= 11 is 0. The fourth-order valence-corrected chi connectivity index (χ4v) is 2.40. The van der Waals surface area contributed by atoms with E-state index in [1.807, 2.05) is 19.1 Å². The predicted molar refractivity (Wildman–Crippen MR) is 76.7 cm³/mol. The maximum Gasteiger partial charge on any atom is 0.313 e. The Balaban J connectivity index is 1.89. The van der Waals surface area contributed by atoms with Crippen LogP contribution in [0.3, 0.4) is 0 Å². The lowest BCUT2D eigenvalue weighted by molar-refractivity contribution is -0.142. The zero-order valence-corrected chi connectivity index (χ0v) is 11.8. The lowest BCUT2D eigenvalue weighted by Crippen LogP contribution is -2.38. The Hall–Kier alpha value is -2.37. The lowest BCUT2D eigenvalue weighted by atomic mass is 10.1. The molecule has 1 fully saturated rings. The molecule has 0 saturated carbocycles. The topological polar surface area (TPSA) is 86.7 Å². The van der Waals surface area contributed by atoms with Crippen LogP contribution in [0.5, 0.6) is 0 Å². The van der Waals surface area contributed by atoms with Crippen LogP contribution in [0.2, 0.25) is 0 Å². The standard InChI is InChI=1S/C15H18N2O4/c1-10-2-4-12(5-3-10)16-14(20)15(21)17-7-6-11(9-17)8-13(18)19/h2-5,11H,6-9H2,1H3,(H,16,20)(H,18,19). The molecule has 6 heteroatoms. The predicted octanol–water partition coefficient (Wildman–Crippen LogP) is 1.26. The molecule has 21 heavy (non-hydrogen) atoms. The second-order valence-electron chi connectivity index (χ2n) is 5.32. The van der Waals surface area contributed by atoms with E-state index in [9.17, 15) is 14.4 Å². The molecule has 1 saturated heterocycles. The van der Waals surface area contributed by atoms with Gasteiger partial charge in [0, 0.05) is 25.2 Å². The van der Waals surface area contributed by atoms with E-state index < -0.39 is 17.8 Å². The highest BCUT2D eigenvalue weighted by molar-refractivity contribution is 6.39. The minimum atomic E-state index is -0.876. The third kappa shape index (κ3) is 4.05. The van der Waals surface area contributed by atoms with Gasteiger partial charge in [0.15, 0.2) is 0 Å². The Bertz CT molecular complexity index is 553. The number of carbonyl (C=O) groups is 3. The first-order chi connectivity index (χ1) is 9.95. The first-order valence-corrected chi connectivity index (χ1v) is 6.84. The van der Waals surface area contributed by atoms with Crippen LogP contribution >= 0.6 is 0 Å². The molecule has 0 spiro atoms. The summed E-state index contributed by atoms with van der Waals surface area (Å²) in [4.78, 5) is 36.0. The Morgan fingerprint density at radius 3 is 2.57 bits per heavy atom. The number of rotatable bonds is 3. The number of amides is 2. The molecule has 2 rings (SSSR count). The summed E-state index contributed by atoms with van der Waals surface area (Å²) in [6.45, 7) is 2.69. The van der Waals surface area contributed by atoms with E-state index in [2.05, 4.69) is 5.32 Å². The molecule has 1 unspecified atom stereocenters. The number of carbonyl (C=O) groups excluding carboxylic acids is 2. The first-order valence-electron chi connectivity index (χ1n) is 6.84. The Labute approximate surface area is 122 Å². The van der Waals surface area contributed by atoms with Crippen molar-refractivity contribution in [2.75, 3.05) is 18.4 Å². The van der Waals surface area contributed by atoms with Gasteiger partial charge in [-0.2, -0.15) is 0 Å². The van der Waals surface area contributed by atoms with Crippen LogP contribution in [0, 0.1) is 12.8 Å². The van der Waals surface area contributed by atoms with Crippen LogP contribution in [0.25, 0.3) is 0 Å². The third-order valence-corrected chi connectivity index (χ3v) is 3.54. The van der Waals surface area contributed by atoms with Crippen molar-refractivity contribution >= 4 is 23.5 Å². The van der Waals surface area contributed by atoms with E-state index in [-0.39, 0.29) is 12.3 Å². The van der Waals surface area contributed by atoms with E-state index in [1.165, 1.54) is 4.90 Å². The van der Waals surface area contributed by atoms with Crippen molar-refractivity contribution in [2.24, 2.45) is 5.92 Å². The molecule has 0 aromatic heterocycles. The summed E-state index contributed by atoms with van der Waals surface area (Å²) in [6.07, 6.45) is 0.652. The van der Waals surface area contributed by atoms with Crippen LogP contribution < -0.4 is 5.32 Å². The van der Waals surface area contributed by atoms with Gasteiger partial charge in [-0.05, 0) is 31.4 Å². The van der Waals surface area contributed by atoms with Gasteiger partial charge in [-0.3, -0.25) is 14.4 Å². The molecule has 1 aliphatic rings. The molecule has 6 nitrogen and oxygen atoms in total. The number of anilines is 1. The summed E-state index contributed by atoms with van der Waals surface area (Å²) in [6, 6.07) is 7.16. The van der Waals surface area contributed by atoms with Crippen molar-refractivity contribution in [2.45, 2.75) is 19.8 Å².